The van der Waals surface area contributed by atoms with E-state index in [1.165, 1.54) is 14.0 Å². The number of amides is 2. The van der Waals surface area contributed by atoms with Crippen molar-refractivity contribution >= 4 is 45.6 Å². The van der Waals surface area contributed by atoms with Gasteiger partial charge >= 0.3 is 18.0 Å². The van der Waals surface area contributed by atoms with E-state index in [4.69, 9.17) is 23.7 Å². The minimum absolute atomic E-state index is 0.0350. The number of hydrogen-bond donors (Lipinski definition) is 2. The first-order valence-corrected chi connectivity index (χ1v) is 16.9. The van der Waals surface area contributed by atoms with Gasteiger partial charge in [-0.25, -0.2) is 9.59 Å². The fourth-order valence-electron chi connectivity index (χ4n) is 6.13. The molecule has 12 heteroatoms. The molecule has 0 aromatic heterocycles. The summed E-state index contributed by atoms with van der Waals surface area (Å²) in [5.41, 5.74) is 5.68. The summed E-state index contributed by atoms with van der Waals surface area (Å²) in [5, 5.41) is 6.00. The Morgan fingerprint density at radius 2 is 1.58 bits per heavy atom. The highest BCUT2D eigenvalue weighted by atomic mass is 79.9. The van der Waals surface area contributed by atoms with Gasteiger partial charge in [0.1, 0.15) is 12.4 Å². The Hall–Kier alpha value is -4.42. The minimum atomic E-state index is -1.16. The number of anilines is 1. The summed E-state index contributed by atoms with van der Waals surface area (Å²) in [6.07, 6.45) is -3.61. The Morgan fingerprint density at radius 3 is 2.21 bits per heavy atom. The van der Waals surface area contributed by atoms with E-state index < -0.39 is 36.5 Å². The van der Waals surface area contributed by atoms with Gasteiger partial charge in [-0.3, -0.25) is 9.59 Å². The van der Waals surface area contributed by atoms with Crippen LogP contribution >= 0.6 is 15.9 Å². The standard InChI is InChI=1S/C36H39BrN2O9/c1-20-21(2)33(46-22(3)40)35(48-32(20)34(42)44-4)47-30-14-13-23(18-37)17-29(30)39-31(41)15-16-38-36(43)45-19-28-26-11-7-5-9-24(26)25-10-6-8-12-27(25)28/h5-14,17,20-21,28,32-33,35H,15-16,18-19H2,1-4H3,(H,38,43)(H,39,41)/t20-,21-,32-,33+,35+/m0/s1. The number of carbonyl (C=O) groups is 4. The maximum absolute atomic E-state index is 13.0. The number of alkyl halides is 1. The third-order valence-electron chi connectivity index (χ3n) is 8.79. The van der Waals surface area contributed by atoms with Crippen LogP contribution in [0.2, 0.25) is 0 Å². The summed E-state index contributed by atoms with van der Waals surface area (Å²) >= 11 is 3.43. The second-order valence-corrected chi connectivity index (χ2v) is 12.4. The normalized spacial score (nSPS) is 21.3. The van der Waals surface area contributed by atoms with E-state index in [-0.39, 0.29) is 49.0 Å². The van der Waals surface area contributed by atoms with Gasteiger partial charge in [0.05, 0.1) is 12.8 Å². The Morgan fingerprint density at radius 1 is 0.917 bits per heavy atom. The molecule has 3 aromatic carbocycles. The molecular formula is C36H39BrN2O9. The third-order valence-corrected chi connectivity index (χ3v) is 9.44. The molecule has 2 aliphatic rings. The smallest absolute Gasteiger partial charge is 0.407 e. The predicted molar refractivity (Wildman–Crippen MR) is 181 cm³/mol. The molecule has 2 amide bonds. The van der Waals surface area contributed by atoms with Gasteiger partial charge in [-0.2, -0.15) is 0 Å². The van der Waals surface area contributed by atoms with Gasteiger partial charge in [0.2, 0.25) is 12.2 Å². The van der Waals surface area contributed by atoms with Gasteiger partial charge in [0.25, 0.3) is 0 Å². The second-order valence-electron chi connectivity index (χ2n) is 11.9. The number of rotatable bonds is 11. The third kappa shape index (κ3) is 7.82. The lowest BCUT2D eigenvalue weighted by Crippen LogP contribution is -2.55. The lowest BCUT2D eigenvalue weighted by Gasteiger charge is -2.42. The Bertz CT molecular complexity index is 1620. The Labute approximate surface area is 287 Å². The molecule has 2 N–H and O–H groups in total. The number of benzene rings is 3. The van der Waals surface area contributed by atoms with Crippen LogP contribution in [0.1, 0.15) is 49.8 Å². The van der Waals surface area contributed by atoms with Crippen LogP contribution in [-0.2, 0) is 38.7 Å². The lowest BCUT2D eigenvalue weighted by atomic mass is 9.83. The number of nitrogens with one attached hydrogen (secondary N) is 2. The predicted octanol–water partition coefficient (Wildman–Crippen LogP) is 5.93. The van der Waals surface area contributed by atoms with E-state index >= 15 is 0 Å². The zero-order valence-electron chi connectivity index (χ0n) is 27.2. The van der Waals surface area contributed by atoms with Crippen molar-refractivity contribution in [2.45, 2.75) is 56.9 Å². The molecule has 48 heavy (non-hydrogen) atoms. The quantitative estimate of drug-likeness (QED) is 0.140. The molecule has 1 saturated heterocycles. The van der Waals surface area contributed by atoms with Crippen LogP contribution in [0.15, 0.2) is 66.7 Å². The number of carbonyl (C=O) groups excluding carboxylic acids is 4. The van der Waals surface area contributed by atoms with E-state index in [1.807, 2.05) is 50.2 Å². The maximum Gasteiger partial charge on any atom is 0.407 e. The number of methoxy groups -OCH3 is 1. The zero-order valence-corrected chi connectivity index (χ0v) is 28.8. The first-order chi connectivity index (χ1) is 23.1. The van der Waals surface area contributed by atoms with Gasteiger partial charge in [0.15, 0.2) is 12.2 Å². The van der Waals surface area contributed by atoms with Gasteiger partial charge < -0.3 is 34.3 Å². The van der Waals surface area contributed by atoms with Gasteiger partial charge in [-0.05, 0) is 45.9 Å². The maximum atomic E-state index is 13.0. The molecule has 11 nitrogen and oxygen atoms in total. The molecule has 3 aromatic rings. The topological polar surface area (TPSA) is 138 Å². The molecule has 0 unspecified atom stereocenters. The van der Waals surface area contributed by atoms with Crippen molar-refractivity contribution in [2.75, 3.05) is 25.6 Å². The van der Waals surface area contributed by atoms with E-state index in [9.17, 15) is 19.2 Å². The summed E-state index contributed by atoms with van der Waals surface area (Å²) in [5.74, 6) is -1.97. The molecule has 5 atom stereocenters. The van der Waals surface area contributed by atoms with Crippen LogP contribution in [0.4, 0.5) is 10.5 Å². The molecule has 0 bridgehead atoms. The molecule has 254 valence electrons. The number of esters is 2. The zero-order chi connectivity index (χ0) is 34.4. The van der Waals surface area contributed by atoms with Gasteiger partial charge in [0, 0.05) is 37.1 Å². The minimum Gasteiger partial charge on any atom is -0.467 e. The van der Waals surface area contributed by atoms with E-state index in [2.05, 4.69) is 38.7 Å². The van der Waals surface area contributed by atoms with Crippen LogP contribution < -0.4 is 15.4 Å². The first-order valence-electron chi connectivity index (χ1n) is 15.8. The molecule has 1 aliphatic heterocycles. The summed E-state index contributed by atoms with van der Waals surface area (Å²) in [4.78, 5) is 50.1. The summed E-state index contributed by atoms with van der Waals surface area (Å²) in [7, 11) is 1.27. The van der Waals surface area contributed by atoms with E-state index in [0.29, 0.717) is 11.0 Å². The average Bonchev–Trinajstić information content (AvgIpc) is 3.40. The highest BCUT2D eigenvalue weighted by Crippen LogP contribution is 2.44. The lowest BCUT2D eigenvalue weighted by molar-refractivity contribution is -0.248. The monoisotopic (exact) mass is 722 g/mol. The van der Waals surface area contributed by atoms with Crippen molar-refractivity contribution < 1.29 is 42.9 Å². The van der Waals surface area contributed by atoms with Crippen molar-refractivity contribution in [2.24, 2.45) is 11.8 Å². The van der Waals surface area contributed by atoms with Crippen molar-refractivity contribution in [3.05, 3.63) is 83.4 Å². The average molecular weight is 724 g/mol. The number of hydrogen-bond acceptors (Lipinski definition) is 9. The Kier molecular flexibility index (Phi) is 11.4. The van der Waals surface area contributed by atoms with Gasteiger partial charge in [-0.15, -0.1) is 0 Å². The van der Waals surface area contributed by atoms with Crippen LogP contribution in [0.5, 0.6) is 5.75 Å². The van der Waals surface area contributed by atoms with Crippen LogP contribution in [0.25, 0.3) is 11.1 Å². The molecular weight excluding hydrogens is 684 g/mol. The molecule has 1 heterocycles. The van der Waals surface area contributed by atoms with E-state index in [1.54, 1.807) is 18.2 Å². The molecule has 0 saturated carbocycles. The van der Waals surface area contributed by atoms with Crippen LogP contribution in [-0.4, -0.2) is 62.7 Å². The van der Waals surface area contributed by atoms with Crippen LogP contribution in [0.3, 0.4) is 0 Å². The highest BCUT2D eigenvalue weighted by molar-refractivity contribution is 9.08. The molecule has 0 radical (unpaired) electrons. The van der Waals surface area contributed by atoms with Gasteiger partial charge in [-0.1, -0.05) is 84.4 Å². The van der Waals surface area contributed by atoms with Crippen molar-refractivity contribution in [3.8, 4) is 16.9 Å². The van der Waals surface area contributed by atoms with Crippen molar-refractivity contribution in [3.63, 3.8) is 0 Å². The van der Waals surface area contributed by atoms with E-state index in [0.717, 1.165) is 27.8 Å². The number of ether oxygens (including phenoxy) is 5. The molecule has 5 rings (SSSR count). The SMILES string of the molecule is COC(=O)[C@H]1O[C@@H](Oc2ccc(CBr)cc2NC(=O)CCNC(=O)OCC2c3ccccc3-c3ccccc32)[C@H](OC(C)=O)[C@@H](C)[C@@H]1C. The Balaban J connectivity index is 1.19. The molecule has 1 fully saturated rings. The van der Waals surface area contributed by atoms with Crippen LogP contribution in [0, 0.1) is 11.8 Å². The fraction of sp³-hybridized carbons (Fsp3) is 0.389. The number of fused-ring (bicyclic) bond motifs is 3. The largest absolute Gasteiger partial charge is 0.467 e. The summed E-state index contributed by atoms with van der Waals surface area (Å²) in [6, 6.07) is 21.3. The first kappa shape index (κ1) is 34.9. The molecule has 0 spiro atoms. The number of halogens is 1. The second kappa shape index (κ2) is 15.7. The van der Waals surface area contributed by atoms with Crippen molar-refractivity contribution in [1.82, 2.24) is 5.32 Å². The number of alkyl carbamates (subject to hydrolysis) is 1. The van der Waals surface area contributed by atoms with Crippen molar-refractivity contribution in [1.29, 1.82) is 0 Å². The molecule has 1 aliphatic carbocycles. The fourth-order valence-corrected chi connectivity index (χ4v) is 6.48. The summed E-state index contributed by atoms with van der Waals surface area (Å²) in [6.45, 7) is 5.14. The summed E-state index contributed by atoms with van der Waals surface area (Å²) < 4.78 is 28.2. The highest BCUT2D eigenvalue weighted by Gasteiger charge is 2.48.